The van der Waals surface area contributed by atoms with E-state index in [4.69, 9.17) is 9.47 Å². The third-order valence-corrected chi connectivity index (χ3v) is 2.84. The standard InChI is InChI=1S/C16H19NO5/c1-3-5-9-21-16(22-10-6-4-2)15-11-14(17(19)20)8-7-13(15)12-18/h3-4,7-8,11-12,16H,1-2,5-6,9-10H2. The SMILES string of the molecule is C=CCCOC(OCCC=C)c1cc([N+](=O)[O-])ccc1C=O. The molecule has 0 radical (unpaired) electrons. The minimum atomic E-state index is -0.847. The zero-order valence-electron chi connectivity index (χ0n) is 12.3. The van der Waals surface area contributed by atoms with Crippen LogP contribution < -0.4 is 0 Å². The molecule has 0 heterocycles. The number of aldehydes is 1. The van der Waals surface area contributed by atoms with Crippen molar-refractivity contribution in [3.05, 3.63) is 64.8 Å². The summed E-state index contributed by atoms with van der Waals surface area (Å²) in [5.41, 5.74) is 0.523. The number of hydrogen-bond donors (Lipinski definition) is 0. The lowest BCUT2D eigenvalue weighted by atomic mass is 10.1. The van der Waals surface area contributed by atoms with Crippen molar-refractivity contribution in [2.45, 2.75) is 19.1 Å². The van der Waals surface area contributed by atoms with Crippen molar-refractivity contribution in [2.75, 3.05) is 13.2 Å². The zero-order valence-corrected chi connectivity index (χ0v) is 12.3. The predicted octanol–water partition coefficient (Wildman–Crippen LogP) is 3.59. The van der Waals surface area contributed by atoms with E-state index in [1.54, 1.807) is 12.2 Å². The molecule has 22 heavy (non-hydrogen) atoms. The maximum absolute atomic E-state index is 11.2. The number of carbonyl (C=O) groups excluding carboxylic acids is 1. The van der Waals surface area contributed by atoms with Gasteiger partial charge in [-0.1, -0.05) is 12.2 Å². The Morgan fingerprint density at radius 3 is 2.23 bits per heavy atom. The number of nitro benzene ring substituents is 1. The summed E-state index contributed by atoms with van der Waals surface area (Å²) in [6, 6.07) is 3.97. The first kappa shape index (κ1) is 17.7. The van der Waals surface area contributed by atoms with Crippen molar-refractivity contribution in [1.82, 2.24) is 0 Å². The van der Waals surface area contributed by atoms with Gasteiger partial charge in [0.1, 0.15) is 0 Å². The van der Waals surface area contributed by atoms with Crippen molar-refractivity contribution < 1.29 is 19.2 Å². The third-order valence-electron chi connectivity index (χ3n) is 2.84. The van der Waals surface area contributed by atoms with Crippen molar-refractivity contribution in [2.24, 2.45) is 0 Å². The number of carbonyl (C=O) groups is 1. The van der Waals surface area contributed by atoms with Crippen molar-refractivity contribution in [1.29, 1.82) is 0 Å². The monoisotopic (exact) mass is 305 g/mol. The van der Waals surface area contributed by atoms with Crippen LogP contribution in [0.2, 0.25) is 0 Å². The van der Waals surface area contributed by atoms with Crippen LogP contribution in [0.1, 0.15) is 35.1 Å². The summed E-state index contributed by atoms with van der Waals surface area (Å²) in [5.74, 6) is 0. The van der Waals surface area contributed by atoms with Gasteiger partial charge in [-0.2, -0.15) is 0 Å². The van der Waals surface area contributed by atoms with E-state index >= 15 is 0 Å². The Morgan fingerprint density at radius 1 is 1.18 bits per heavy atom. The van der Waals surface area contributed by atoms with Gasteiger partial charge in [-0.3, -0.25) is 14.9 Å². The molecule has 0 N–H and O–H groups in total. The van der Waals surface area contributed by atoms with Gasteiger partial charge in [0.05, 0.1) is 18.1 Å². The van der Waals surface area contributed by atoms with Crippen LogP contribution in [0.25, 0.3) is 0 Å². The van der Waals surface area contributed by atoms with Gasteiger partial charge < -0.3 is 9.47 Å². The Labute approximate surface area is 129 Å². The fourth-order valence-corrected chi connectivity index (χ4v) is 1.73. The van der Waals surface area contributed by atoms with Gasteiger partial charge in [-0.25, -0.2) is 0 Å². The molecule has 0 aliphatic carbocycles. The zero-order chi connectivity index (χ0) is 16.4. The molecule has 6 nitrogen and oxygen atoms in total. The molecule has 0 amide bonds. The van der Waals surface area contributed by atoms with Crippen LogP contribution in [0, 0.1) is 10.1 Å². The molecule has 0 aliphatic rings. The summed E-state index contributed by atoms with van der Waals surface area (Å²) in [6.07, 6.45) is 4.36. The average molecular weight is 305 g/mol. The average Bonchev–Trinajstić information content (AvgIpc) is 2.53. The Hall–Kier alpha value is -2.31. The van der Waals surface area contributed by atoms with Crippen LogP contribution in [0.15, 0.2) is 43.5 Å². The summed E-state index contributed by atoms with van der Waals surface area (Å²) in [6.45, 7) is 7.87. The Bertz CT molecular complexity index is 527. The summed E-state index contributed by atoms with van der Waals surface area (Å²) >= 11 is 0. The van der Waals surface area contributed by atoms with E-state index in [-0.39, 0.29) is 5.69 Å². The second kappa shape index (κ2) is 9.59. The Morgan fingerprint density at radius 2 is 1.77 bits per heavy atom. The number of nitro groups is 1. The number of ether oxygens (including phenoxy) is 2. The van der Waals surface area contributed by atoms with Gasteiger partial charge in [-0.05, 0) is 18.9 Å². The first-order valence-electron chi connectivity index (χ1n) is 6.82. The van der Waals surface area contributed by atoms with Gasteiger partial charge in [-0.15, -0.1) is 13.2 Å². The Kier molecular flexibility index (Phi) is 7.74. The number of rotatable bonds is 11. The molecule has 0 aliphatic heterocycles. The normalized spacial score (nSPS) is 10.4. The van der Waals surface area contributed by atoms with Gasteiger partial charge in [0.15, 0.2) is 12.6 Å². The molecule has 6 heteroatoms. The maximum atomic E-state index is 11.2. The third kappa shape index (κ3) is 5.23. The van der Waals surface area contributed by atoms with E-state index in [9.17, 15) is 14.9 Å². The highest BCUT2D eigenvalue weighted by Gasteiger charge is 2.20. The van der Waals surface area contributed by atoms with Gasteiger partial charge in [0.2, 0.25) is 0 Å². The largest absolute Gasteiger partial charge is 0.348 e. The molecule has 0 aromatic heterocycles. The van der Waals surface area contributed by atoms with Crippen LogP contribution in [-0.4, -0.2) is 24.4 Å². The molecule has 0 atom stereocenters. The van der Waals surface area contributed by atoms with Gasteiger partial charge in [0.25, 0.3) is 5.69 Å². The first-order valence-corrected chi connectivity index (χ1v) is 6.82. The highest BCUT2D eigenvalue weighted by atomic mass is 16.7. The van der Waals surface area contributed by atoms with Crippen LogP contribution in [0.3, 0.4) is 0 Å². The number of benzene rings is 1. The molecule has 118 valence electrons. The van der Waals surface area contributed by atoms with E-state index < -0.39 is 11.2 Å². The molecule has 1 aromatic rings. The second-order valence-electron chi connectivity index (χ2n) is 4.42. The van der Waals surface area contributed by atoms with Gasteiger partial charge in [0, 0.05) is 23.3 Å². The topological polar surface area (TPSA) is 78.7 Å². The lowest BCUT2D eigenvalue weighted by Crippen LogP contribution is -2.13. The molecule has 0 unspecified atom stereocenters. The van der Waals surface area contributed by atoms with Crippen LogP contribution in [0.4, 0.5) is 5.69 Å². The lowest BCUT2D eigenvalue weighted by molar-refractivity contribution is -0.385. The molecule has 0 saturated heterocycles. The minimum Gasteiger partial charge on any atom is -0.348 e. The molecule has 1 rings (SSSR count). The Balaban J connectivity index is 3.04. The number of hydrogen-bond acceptors (Lipinski definition) is 5. The van der Waals surface area contributed by atoms with Gasteiger partial charge >= 0.3 is 0 Å². The molecular weight excluding hydrogens is 286 g/mol. The molecule has 0 fully saturated rings. The molecule has 0 bridgehead atoms. The fourth-order valence-electron chi connectivity index (χ4n) is 1.73. The maximum Gasteiger partial charge on any atom is 0.269 e. The van der Waals surface area contributed by atoms with E-state index in [2.05, 4.69) is 13.2 Å². The summed E-state index contributed by atoms with van der Waals surface area (Å²) in [5, 5.41) is 10.9. The lowest BCUT2D eigenvalue weighted by Gasteiger charge is -2.19. The van der Waals surface area contributed by atoms with Crippen molar-refractivity contribution in [3.8, 4) is 0 Å². The summed E-state index contributed by atoms with van der Waals surface area (Å²) < 4.78 is 11.2. The van der Waals surface area contributed by atoms with E-state index in [1.807, 2.05) is 0 Å². The van der Waals surface area contributed by atoms with Crippen molar-refractivity contribution >= 4 is 12.0 Å². The smallest absolute Gasteiger partial charge is 0.269 e. The summed E-state index contributed by atoms with van der Waals surface area (Å²) in [7, 11) is 0. The van der Waals surface area contributed by atoms with Crippen LogP contribution >= 0.6 is 0 Å². The fraction of sp³-hybridized carbons (Fsp3) is 0.312. The first-order chi connectivity index (χ1) is 10.6. The quantitative estimate of drug-likeness (QED) is 0.156. The van der Waals surface area contributed by atoms with Crippen LogP contribution in [0.5, 0.6) is 0 Å². The predicted molar refractivity (Wildman–Crippen MR) is 82.8 cm³/mol. The molecule has 0 spiro atoms. The number of non-ortho nitro benzene ring substituents is 1. The second-order valence-corrected chi connectivity index (χ2v) is 4.42. The minimum absolute atomic E-state index is 0.120. The summed E-state index contributed by atoms with van der Waals surface area (Å²) in [4.78, 5) is 21.5. The molecular formula is C16H19NO5. The highest BCUT2D eigenvalue weighted by Crippen LogP contribution is 2.27. The molecule has 0 saturated carbocycles. The molecule has 1 aromatic carbocycles. The van der Waals surface area contributed by atoms with Crippen molar-refractivity contribution in [3.63, 3.8) is 0 Å². The van der Waals surface area contributed by atoms with E-state index in [0.29, 0.717) is 43.5 Å². The van der Waals surface area contributed by atoms with Crippen LogP contribution in [-0.2, 0) is 9.47 Å². The van der Waals surface area contributed by atoms with E-state index in [1.165, 1.54) is 18.2 Å². The van der Waals surface area contributed by atoms with E-state index in [0.717, 1.165) is 0 Å². The number of nitrogens with zero attached hydrogens (tertiary/aromatic N) is 1. The highest BCUT2D eigenvalue weighted by molar-refractivity contribution is 5.78.